The molecular formula is C24H28N4O6. The first-order chi connectivity index (χ1) is 16.4. The number of nitrogens with zero attached hydrogens (tertiary/aromatic N) is 3. The maximum atomic E-state index is 13.8. The first kappa shape index (κ1) is 23.4. The Morgan fingerprint density at radius 2 is 1.62 bits per heavy atom. The predicted molar refractivity (Wildman–Crippen MR) is 125 cm³/mol. The van der Waals surface area contributed by atoms with Gasteiger partial charge < -0.3 is 29.7 Å². The number of piperazine rings is 1. The third-order valence-electron chi connectivity index (χ3n) is 5.87. The fourth-order valence-electron chi connectivity index (χ4n) is 4.24. The number of para-hydroxylation sites is 1. The summed E-state index contributed by atoms with van der Waals surface area (Å²) < 4.78 is 10.5. The zero-order chi connectivity index (χ0) is 24.3. The first-order valence-electron chi connectivity index (χ1n) is 11.3. The number of hydrogen-bond donors (Lipinski definition) is 2. The number of rotatable bonds is 5. The molecule has 10 heteroatoms. The largest absolute Gasteiger partial charge is 0.494 e. The van der Waals surface area contributed by atoms with Crippen LogP contribution in [-0.2, 0) is 15.3 Å². The van der Waals surface area contributed by atoms with E-state index in [1.807, 2.05) is 6.92 Å². The molecule has 0 radical (unpaired) electrons. The highest BCUT2D eigenvalue weighted by Gasteiger charge is 2.53. The Labute approximate surface area is 197 Å². The monoisotopic (exact) mass is 468 g/mol. The van der Waals surface area contributed by atoms with Gasteiger partial charge in [-0.05, 0) is 44.2 Å². The molecule has 2 N–H and O–H groups in total. The molecule has 2 heterocycles. The Hall–Kier alpha value is -3.79. The SMILES string of the molecule is CCOC(=O)N1CCN(C(=O)[C@]2(O)c3ccccc3NC(=O)N2c2ccc(OCC)cc2)CC1. The van der Waals surface area contributed by atoms with Crippen molar-refractivity contribution < 1.29 is 29.0 Å². The van der Waals surface area contributed by atoms with Crippen molar-refractivity contribution >= 4 is 29.4 Å². The molecule has 2 aromatic rings. The van der Waals surface area contributed by atoms with Crippen LogP contribution in [0.15, 0.2) is 48.5 Å². The van der Waals surface area contributed by atoms with Crippen LogP contribution in [-0.4, -0.2) is 72.3 Å². The summed E-state index contributed by atoms with van der Waals surface area (Å²) in [7, 11) is 0. The molecule has 2 aromatic carbocycles. The van der Waals surface area contributed by atoms with Gasteiger partial charge >= 0.3 is 12.1 Å². The van der Waals surface area contributed by atoms with Crippen molar-refractivity contribution in [1.82, 2.24) is 9.80 Å². The van der Waals surface area contributed by atoms with Gasteiger partial charge in [-0.1, -0.05) is 18.2 Å². The minimum absolute atomic E-state index is 0.195. The molecule has 0 aliphatic carbocycles. The topological polar surface area (TPSA) is 112 Å². The lowest BCUT2D eigenvalue weighted by Gasteiger charge is -2.46. The fourth-order valence-corrected chi connectivity index (χ4v) is 4.24. The number of carbonyl (C=O) groups excluding carboxylic acids is 3. The fraction of sp³-hybridized carbons (Fsp3) is 0.375. The van der Waals surface area contributed by atoms with Crippen LogP contribution in [0.3, 0.4) is 0 Å². The number of fused-ring (bicyclic) bond motifs is 1. The zero-order valence-electron chi connectivity index (χ0n) is 19.2. The number of carbonyl (C=O) groups is 3. The molecule has 1 fully saturated rings. The molecule has 34 heavy (non-hydrogen) atoms. The van der Waals surface area contributed by atoms with Crippen LogP contribution in [0.25, 0.3) is 0 Å². The summed E-state index contributed by atoms with van der Waals surface area (Å²) in [6.07, 6.45) is -0.438. The number of anilines is 2. The molecule has 1 saturated heterocycles. The highest BCUT2D eigenvalue weighted by molar-refractivity contribution is 6.11. The van der Waals surface area contributed by atoms with Crippen molar-refractivity contribution in [2.24, 2.45) is 0 Å². The van der Waals surface area contributed by atoms with E-state index in [0.717, 1.165) is 4.90 Å². The van der Waals surface area contributed by atoms with Gasteiger partial charge in [0.25, 0.3) is 11.6 Å². The third kappa shape index (κ3) is 4.12. The number of urea groups is 1. The lowest BCUT2D eigenvalue weighted by molar-refractivity contribution is -0.153. The smallest absolute Gasteiger partial charge is 0.409 e. The molecule has 0 saturated carbocycles. The highest BCUT2D eigenvalue weighted by Crippen LogP contribution is 2.41. The Balaban J connectivity index is 1.68. The Bertz CT molecular complexity index is 1070. The van der Waals surface area contributed by atoms with E-state index in [1.165, 1.54) is 9.80 Å². The molecule has 0 spiro atoms. The molecule has 10 nitrogen and oxygen atoms in total. The van der Waals surface area contributed by atoms with Crippen molar-refractivity contribution in [3.8, 4) is 5.75 Å². The van der Waals surface area contributed by atoms with Gasteiger partial charge in [0.2, 0.25) is 0 Å². The predicted octanol–water partition coefficient (Wildman–Crippen LogP) is 2.58. The summed E-state index contributed by atoms with van der Waals surface area (Å²) in [5.41, 5.74) is -1.33. The van der Waals surface area contributed by atoms with Crippen LogP contribution >= 0.6 is 0 Å². The normalized spacial score (nSPS) is 19.9. The van der Waals surface area contributed by atoms with Crippen molar-refractivity contribution in [1.29, 1.82) is 0 Å². The van der Waals surface area contributed by atoms with Crippen molar-refractivity contribution in [3.05, 3.63) is 54.1 Å². The summed E-state index contributed by atoms with van der Waals surface area (Å²) in [5.74, 6) is -0.0405. The highest BCUT2D eigenvalue weighted by atomic mass is 16.6. The number of amides is 4. The van der Waals surface area contributed by atoms with E-state index >= 15 is 0 Å². The van der Waals surface area contributed by atoms with E-state index in [9.17, 15) is 19.5 Å². The molecule has 2 aliphatic rings. The first-order valence-corrected chi connectivity index (χ1v) is 11.3. The summed E-state index contributed by atoms with van der Waals surface area (Å²) in [5, 5.41) is 14.8. The molecule has 1 atom stereocenters. The second kappa shape index (κ2) is 9.60. The summed E-state index contributed by atoms with van der Waals surface area (Å²) in [6.45, 7) is 5.25. The van der Waals surface area contributed by atoms with Crippen molar-refractivity contribution in [2.45, 2.75) is 19.6 Å². The van der Waals surface area contributed by atoms with Crippen LogP contribution in [0.1, 0.15) is 19.4 Å². The third-order valence-corrected chi connectivity index (χ3v) is 5.87. The van der Waals surface area contributed by atoms with E-state index in [-0.39, 0.29) is 38.3 Å². The quantitative estimate of drug-likeness (QED) is 0.698. The van der Waals surface area contributed by atoms with Crippen LogP contribution in [0.5, 0.6) is 5.75 Å². The zero-order valence-corrected chi connectivity index (χ0v) is 19.2. The summed E-state index contributed by atoms with van der Waals surface area (Å²) >= 11 is 0. The van der Waals surface area contributed by atoms with E-state index in [4.69, 9.17) is 9.47 Å². The lowest BCUT2D eigenvalue weighted by atomic mass is 9.94. The maximum absolute atomic E-state index is 13.8. The average Bonchev–Trinajstić information content (AvgIpc) is 2.85. The van der Waals surface area contributed by atoms with E-state index in [0.29, 0.717) is 23.7 Å². The van der Waals surface area contributed by atoms with Gasteiger partial charge in [0.1, 0.15) is 5.75 Å². The van der Waals surface area contributed by atoms with E-state index < -0.39 is 23.8 Å². The molecule has 0 unspecified atom stereocenters. The lowest BCUT2D eigenvalue weighted by Crippen LogP contribution is -2.65. The number of hydrogen-bond acceptors (Lipinski definition) is 6. The molecular weight excluding hydrogens is 440 g/mol. The van der Waals surface area contributed by atoms with Gasteiger partial charge in [0, 0.05) is 37.4 Å². The van der Waals surface area contributed by atoms with Crippen LogP contribution in [0.2, 0.25) is 0 Å². The summed E-state index contributed by atoms with van der Waals surface area (Å²) in [6, 6.07) is 12.6. The van der Waals surface area contributed by atoms with Gasteiger partial charge in [-0.25, -0.2) is 9.59 Å². The molecule has 180 valence electrons. The molecule has 4 amide bonds. The molecule has 0 aromatic heterocycles. The van der Waals surface area contributed by atoms with Crippen LogP contribution in [0, 0.1) is 0 Å². The van der Waals surface area contributed by atoms with Gasteiger partial charge in [0.05, 0.1) is 18.9 Å². The minimum Gasteiger partial charge on any atom is -0.494 e. The number of benzene rings is 2. The Morgan fingerprint density at radius 1 is 0.971 bits per heavy atom. The van der Waals surface area contributed by atoms with Gasteiger partial charge in [-0.3, -0.25) is 9.69 Å². The summed E-state index contributed by atoms with van der Waals surface area (Å²) in [4.78, 5) is 43.1. The Morgan fingerprint density at radius 3 is 2.26 bits per heavy atom. The molecule has 2 aliphatic heterocycles. The standard InChI is InChI=1S/C24H28N4O6/c1-3-33-18-11-9-17(10-12-18)28-22(30)25-20-8-6-5-7-19(20)24(28,32)21(29)26-13-15-27(16-14-26)23(31)34-4-2/h5-12,32H,3-4,13-16H2,1-2H3,(H,25,30)/t24-/m1/s1. The van der Waals surface area contributed by atoms with Gasteiger partial charge in [-0.15, -0.1) is 0 Å². The van der Waals surface area contributed by atoms with Gasteiger partial charge in [-0.2, -0.15) is 0 Å². The van der Waals surface area contributed by atoms with Gasteiger partial charge in [0.15, 0.2) is 0 Å². The maximum Gasteiger partial charge on any atom is 0.409 e. The number of ether oxygens (including phenoxy) is 2. The average molecular weight is 469 g/mol. The van der Waals surface area contributed by atoms with Crippen LogP contribution in [0.4, 0.5) is 21.0 Å². The number of nitrogens with one attached hydrogen (secondary N) is 1. The second-order valence-corrected chi connectivity index (χ2v) is 7.89. The van der Waals surface area contributed by atoms with E-state index in [2.05, 4.69) is 5.32 Å². The Kier molecular flexibility index (Phi) is 6.60. The molecule has 4 rings (SSSR count). The van der Waals surface area contributed by atoms with Crippen LogP contribution < -0.4 is 15.0 Å². The van der Waals surface area contributed by atoms with E-state index in [1.54, 1.807) is 55.5 Å². The minimum atomic E-state index is -2.28. The number of aliphatic hydroxyl groups is 1. The van der Waals surface area contributed by atoms with Crippen molar-refractivity contribution in [2.75, 3.05) is 49.6 Å². The van der Waals surface area contributed by atoms with Crippen molar-refractivity contribution in [3.63, 3.8) is 0 Å². The second-order valence-electron chi connectivity index (χ2n) is 7.89. The molecule has 0 bridgehead atoms.